The summed E-state index contributed by atoms with van der Waals surface area (Å²) in [6, 6.07) is 12.6. The summed E-state index contributed by atoms with van der Waals surface area (Å²) in [6.45, 7) is 14.6. The van der Waals surface area contributed by atoms with Crippen LogP contribution >= 0.6 is 0 Å². The van der Waals surface area contributed by atoms with Gasteiger partial charge in [0.2, 0.25) is 0 Å². The molecule has 0 amide bonds. The molecule has 0 aromatic heterocycles. The van der Waals surface area contributed by atoms with Gasteiger partial charge in [-0.25, -0.2) is 0 Å². The SMILES string of the molecule is C=CC[C@H]1C[C@]2(C(C)Cc3ccc(C)c(OC)c3)OCOC2=CC1=O.COc1cc(CC(C)[C@]23CC(CC(C)=O)C(=O)C=C2CCO3)ccc1C. The zero-order chi connectivity index (χ0) is 36.9. The van der Waals surface area contributed by atoms with Gasteiger partial charge in [0.05, 0.1) is 26.4 Å². The van der Waals surface area contributed by atoms with Crippen LogP contribution in [0, 0.1) is 37.5 Å². The van der Waals surface area contributed by atoms with Crippen LogP contribution in [0.2, 0.25) is 0 Å². The quantitative estimate of drug-likeness (QED) is 0.207. The van der Waals surface area contributed by atoms with E-state index in [2.05, 4.69) is 56.8 Å². The molecule has 6 atom stereocenters. The average Bonchev–Trinajstić information content (AvgIpc) is 3.72. The minimum absolute atomic E-state index is 0.0595. The van der Waals surface area contributed by atoms with Gasteiger partial charge < -0.3 is 28.5 Å². The third-order valence-corrected chi connectivity index (χ3v) is 11.3. The number of aryl methyl sites for hydroxylation is 2. The van der Waals surface area contributed by atoms with E-state index in [1.54, 1.807) is 39.4 Å². The highest BCUT2D eigenvalue weighted by atomic mass is 16.7. The summed E-state index contributed by atoms with van der Waals surface area (Å²) in [5.74, 6) is 2.77. The highest BCUT2D eigenvalue weighted by Gasteiger charge is 2.52. The van der Waals surface area contributed by atoms with E-state index in [1.807, 2.05) is 13.8 Å². The molecular weight excluding hydrogens is 644 g/mol. The number of allylic oxidation sites excluding steroid dienone is 3. The Bertz CT molecular complexity index is 1700. The monoisotopic (exact) mass is 698 g/mol. The summed E-state index contributed by atoms with van der Waals surface area (Å²) in [5.41, 5.74) is 4.78. The summed E-state index contributed by atoms with van der Waals surface area (Å²) in [5, 5.41) is 0. The van der Waals surface area contributed by atoms with E-state index >= 15 is 0 Å². The summed E-state index contributed by atoms with van der Waals surface area (Å²) in [6.07, 6.45) is 9.90. The van der Waals surface area contributed by atoms with Gasteiger partial charge in [-0.05, 0) is 117 Å². The second kappa shape index (κ2) is 16.1. The zero-order valence-corrected chi connectivity index (χ0v) is 31.3. The number of benzene rings is 2. The second-order valence-corrected chi connectivity index (χ2v) is 14.8. The Morgan fingerprint density at radius 1 is 0.882 bits per heavy atom. The van der Waals surface area contributed by atoms with E-state index in [0.717, 1.165) is 47.5 Å². The number of ketones is 3. The molecule has 274 valence electrons. The summed E-state index contributed by atoms with van der Waals surface area (Å²) in [4.78, 5) is 36.3. The predicted molar refractivity (Wildman–Crippen MR) is 197 cm³/mol. The molecule has 2 fully saturated rings. The first kappa shape index (κ1) is 38.2. The molecule has 2 aliphatic heterocycles. The number of ether oxygens (including phenoxy) is 5. The van der Waals surface area contributed by atoms with Crippen LogP contribution in [0.4, 0.5) is 0 Å². The smallest absolute Gasteiger partial charge is 0.189 e. The highest BCUT2D eigenvalue weighted by Crippen LogP contribution is 2.48. The van der Waals surface area contributed by atoms with Crippen molar-refractivity contribution in [3.05, 3.63) is 94.8 Å². The predicted octanol–water partition coefficient (Wildman–Crippen LogP) is 7.81. The molecule has 0 N–H and O–H groups in total. The molecule has 2 aliphatic carbocycles. The van der Waals surface area contributed by atoms with Gasteiger partial charge in [0.25, 0.3) is 0 Å². The molecule has 0 spiro atoms. The van der Waals surface area contributed by atoms with E-state index in [-0.39, 0.29) is 47.8 Å². The minimum atomic E-state index is -0.528. The number of hydrogen-bond donors (Lipinski definition) is 0. The number of methoxy groups -OCH3 is 2. The fourth-order valence-electron chi connectivity index (χ4n) is 8.40. The second-order valence-electron chi connectivity index (χ2n) is 14.8. The van der Waals surface area contributed by atoms with Gasteiger partial charge in [-0.3, -0.25) is 9.59 Å². The molecular formula is C43H54O8. The van der Waals surface area contributed by atoms with Crippen LogP contribution in [0.25, 0.3) is 0 Å². The molecule has 0 radical (unpaired) electrons. The number of rotatable bonds is 12. The molecule has 3 unspecified atom stereocenters. The van der Waals surface area contributed by atoms with Gasteiger partial charge in [0.15, 0.2) is 18.4 Å². The van der Waals surface area contributed by atoms with Crippen molar-refractivity contribution >= 4 is 17.3 Å². The summed E-state index contributed by atoms with van der Waals surface area (Å²) >= 11 is 0. The van der Waals surface area contributed by atoms with Crippen LogP contribution in [0.15, 0.2) is 72.5 Å². The minimum Gasteiger partial charge on any atom is -0.496 e. The summed E-state index contributed by atoms with van der Waals surface area (Å²) in [7, 11) is 3.38. The maximum absolute atomic E-state index is 12.4. The Morgan fingerprint density at radius 3 is 2.02 bits per heavy atom. The number of Topliss-reactive ketones (excluding diaryl/α,β-unsaturated/α-hetero) is 1. The van der Waals surface area contributed by atoms with E-state index < -0.39 is 11.2 Å². The Labute approximate surface area is 303 Å². The lowest BCUT2D eigenvalue weighted by atomic mass is 9.68. The molecule has 0 saturated carbocycles. The zero-order valence-electron chi connectivity index (χ0n) is 31.3. The molecule has 51 heavy (non-hydrogen) atoms. The van der Waals surface area contributed by atoms with Crippen molar-refractivity contribution in [1.82, 2.24) is 0 Å². The maximum Gasteiger partial charge on any atom is 0.189 e. The number of carbonyl (C=O) groups is 3. The Morgan fingerprint density at radius 2 is 1.45 bits per heavy atom. The fourth-order valence-corrected chi connectivity index (χ4v) is 8.40. The largest absolute Gasteiger partial charge is 0.496 e. The first-order chi connectivity index (χ1) is 24.3. The molecule has 2 heterocycles. The molecule has 2 aromatic rings. The summed E-state index contributed by atoms with van der Waals surface area (Å²) < 4.78 is 28.9. The maximum atomic E-state index is 12.4. The van der Waals surface area contributed by atoms with Gasteiger partial charge in [-0.2, -0.15) is 0 Å². The van der Waals surface area contributed by atoms with Gasteiger partial charge in [0.1, 0.15) is 28.6 Å². The first-order valence-electron chi connectivity index (χ1n) is 18.1. The fraction of sp³-hybridized carbons (Fsp3) is 0.512. The van der Waals surface area contributed by atoms with E-state index in [1.165, 1.54) is 11.1 Å². The van der Waals surface area contributed by atoms with E-state index in [9.17, 15) is 14.4 Å². The third kappa shape index (κ3) is 8.07. The van der Waals surface area contributed by atoms with Crippen LogP contribution in [-0.2, 0) is 41.4 Å². The van der Waals surface area contributed by atoms with Gasteiger partial charge in [0, 0.05) is 24.3 Å². The van der Waals surface area contributed by atoms with Crippen LogP contribution < -0.4 is 9.47 Å². The van der Waals surface area contributed by atoms with Gasteiger partial charge >= 0.3 is 0 Å². The van der Waals surface area contributed by atoms with Crippen LogP contribution in [0.3, 0.4) is 0 Å². The average molecular weight is 699 g/mol. The Balaban J connectivity index is 0.000000198. The standard InChI is InChI=1S/C22H28O4.C21H26O4/c1-14-5-6-17(11-21(14)25-4)9-15(2)22-13-18(10-16(3)23)20(24)12-19(22)7-8-26-22;1-5-6-17-12-21(20(11-18(17)22)24-13-25-21)15(3)9-16-8-7-14(2)19(10-16)23-4/h5-6,11-12,15,18H,7-10,13H2,1-4H3;5,7-8,10-11,15,17H,1,6,9,12-13H2,2-4H3/t15?,18?,22-;15?,17-,21+/m10/s1. The number of fused-ring (bicyclic) bond motifs is 2. The molecule has 2 aromatic carbocycles. The van der Waals surface area contributed by atoms with Gasteiger partial charge in [-0.1, -0.05) is 44.2 Å². The van der Waals surface area contributed by atoms with Crippen LogP contribution in [0.5, 0.6) is 11.5 Å². The first-order valence-corrected chi connectivity index (χ1v) is 18.1. The van der Waals surface area contributed by atoms with E-state index in [0.29, 0.717) is 38.0 Å². The van der Waals surface area contributed by atoms with Crippen LogP contribution in [-0.4, -0.2) is 56.2 Å². The molecule has 0 bridgehead atoms. The lowest BCUT2D eigenvalue weighted by Gasteiger charge is -2.41. The molecule has 4 aliphatic rings. The van der Waals surface area contributed by atoms with Crippen molar-refractivity contribution in [2.45, 2.75) is 90.8 Å². The third-order valence-electron chi connectivity index (χ3n) is 11.3. The Kier molecular flexibility index (Phi) is 12.1. The van der Waals surface area contributed by atoms with E-state index in [4.69, 9.17) is 23.7 Å². The Hall–Kier alpha value is -4.01. The number of carbonyl (C=O) groups excluding carboxylic acids is 3. The molecule has 8 heteroatoms. The van der Waals surface area contributed by atoms with Crippen molar-refractivity contribution in [3.63, 3.8) is 0 Å². The molecule has 6 rings (SSSR count). The molecule has 2 saturated heterocycles. The van der Waals surface area contributed by atoms with Crippen molar-refractivity contribution < 1.29 is 38.1 Å². The highest BCUT2D eigenvalue weighted by molar-refractivity contribution is 5.96. The van der Waals surface area contributed by atoms with Crippen molar-refractivity contribution in [1.29, 1.82) is 0 Å². The van der Waals surface area contributed by atoms with Gasteiger partial charge in [-0.15, -0.1) is 6.58 Å². The topological polar surface area (TPSA) is 97.4 Å². The van der Waals surface area contributed by atoms with Crippen molar-refractivity contribution in [3.8, 4) is 11.5 Å². The van der Waals surface area contributed by atoms with Crippen molar-refractivity contribution in [2.75, 3.05) is 27.6 Å². The normalized spacial score (nSPS) is 26.3. The lowest BCUT2D eigenvalue weighted by molar-refractivity contribution is -0.128. The molecule has 8 nitrogen and oxygen atoms in total. The van der Waals surface area contributed by atoms with Crippen molar-refractivity contribution in [2.24, 2.45) is 23.7 Å². The number of hydrogen-bond acceptors (Lipinski definition) is 8. The lowest BCUT2D eigenvalue weighted by Crippen LogP contribution is -2.45. The van der Waals surface area contributed by atoms with Crippen LogP contribution in [0.1, 0.15) is 75.1 Å².